The lowest BCUT2D eigenvalue weighted by molar-refractivity contribution is -0.147. The van der Waals surface area contributed by atoms with E-state index in [9.17, 15) is 14.0 Å². The highest BCUT2D eigenvalue weighted by Gasteiger charge is 2.56. The normalized spacial score (nSPS) is 21.4. The molecular weight excluding hydrogens is 453 g/mol. The third-order valence-corrected chi connectivity index (χ3v) is 5.80. The van der Waals surface area contributed by atoms with Gasteiger partial charge in [-0.15, -0.1) is 0 Å². The Hall–Kier alpha value is -2.41. The molecule has 2 atom stereocenters. The molecule has 0 N–H and O–H groups in total. The number of carbonyl (C=O) groups is 2. The number of benzene rings is 2. The zero-order chi connectivity index (χ0) is 22.1. The molecule has 3 rings (SSSR count). The molecule has 0 bridgehead atoms. The Morgan fingerprint density at radius 1 is 1.10 bits per heavy atom. The van der Waals surface area contributed by atoms with Crippen LogP contribution in [0.15, 0.2) is 53.0 Å². The maximum atomic E-state index is 13.6. The summed E-state index contributed by atoms with van der Waals surface area (Å²) in [7, 11) is 1.32. The summed E-state index contributed by atoms with van der Waals surface area (Å²) in [6.07, 6.45) is -0.502. The van der Waals surface area contributed by atoms with Gasteiger partial charge >= 0.3 is 12.1 Å². The molecule has 0 radical (unpaired) electrons. The quantitative estimate of drug-likeness (QED) is 0.581. The van der Waals surface area contributed by atoms with Gasteiger partial charge in [0.2, 0.25) is 0 Å². The molecular formula is C23H25BrFNO4. The molecule has 5 nitrogen and oxygen atoms in total. The van der Waals surface area contributed by atoms with E-state index in [2.05, 4.69) is 15.9 Å². The lowest BCUT2D eigenvalue weighted by Gasteiger charge is -2.32. The zero-order valence-corrected chi connectivity index (χ0v) is 19.0. The van der Waals surface area contributed by atoms with Crippen LogP contribution >= 0.6 is 15.9 Å². The van der Waals surface area contributed by atoms with Crippen molar-refractivity contribution in [1.29, 1.82) is 0 Å². The number of hydrogen-bond donors (Lipinski definition) is 0. The molecule has 2 aromatic carbocycles. The minimum Gasteiger partial charge on any atom is -0.468 e. The lowest BCUT2D eigenvalue weighted by atomic mass is 9.69. The number of rotatable bonds is 3. The predicted molar refractivity (Wildman–Crippen MR) is 115 cm³/mol. The van der Waals surface area contributed by atoms with Crippen LogP contribution in [-0.4, -0.2) is 42.8 Å². The van der Waals surface area contributed by atoms with Crippen LogP contribution in [0, 0.1) is 5.82 Å². The maximum Gasteiger partial charge on any atom is 0.410 e. The van der Waals surface area contributed by atoms with Gasteiger partial charge in [0.05, 0.1) is 7.11 Å². The average molecular weight is 478 g/mol. The van der Waals surface area contributed by atoms with E-state index in [1.54, 1.807) is 32.9 Å². The Kier molecular flexibility index (Phi) is 6.22. The first-order chi connectivity index (χ1) is 14.1. The summed E-state index contributed by atoms with van der Waals surface area (Å²) < 4.78 is 25.3. The summed E-state index contributed by atoms with van der Waals surface area (Å²) in [5, 5.41) is 0. The van der Waals surface area contributed by atoms with E-state index in [1.807, 2.05) is 24.3 Å². The highest BCUT2D eigenvalue weighted by atomic mass is 79.9. The minimum absolute atomic E-state index is 0.0704. The van der Waals surface area contributed by atoms with Crippen molar-refractivity contribution in [3.8, 4) is 0 Å². The fourth-order valence-corrected chi connectivity index (χ4v) is 4.21. The van der Waals surface area contributed by atoms with Gasteiger partial charge in [-0.25, -0.2) is 9.18 Å². The van der Waals surface area contributed by atoms with E-state index in [0.29, 0.717) is 5.56 Å². The van der Waals surface area contributed by atoms with Crippen molar-refractivity contribution in [2.75, 3.05) is 20.2 Å². The van der Waals surface area contributed by atoms with Crippen molar-refractivity contribution < 1.29 is 23.5 Å². The van der Waals surface area contributed by atoms with E-state index in [4.69, 9.17) is 9.47 Å². The van der Waals surface area contributed by atoms with Crippen LogP contribution in [0.3, 0.4) is 0 Å². The molecule has 30 heavy (non-hydrogen) atoms. The van der Waals surface area contributed by atoms with Gasteiger partial charge in [0.15, 0.2) is 0 Å². The predicted octanol–water partition coefficient (Wildman–Crippen LogP) is 5.03. The summed E-state index contributed by atoms with van der Waals surface area (Å²) in [6.45, 7) is 5.71. The topological polar surface area (TPSA) is 55.8 Å². The number of ether oxygens (including phenoxy) is 2. The van der Waals surface area contributed by atoms with E-state index >= 15 is 0 Å². The Balaban J connectivity index is 2.13. The third-order valence-electron chi connectivity index (χ3n) is 5.27. The Morgan fingerprint density at radius 3 is 2.23 bits per heavy atom. The number of likely N-dealkylation sites (tertiary alicyclic amines) is 1. The second kappa shape index (κ2) is 8.38. The molecule has 7 heteroatoms. The van der Waals surface area contributed by atoms with Crippen LogP contribution < -0.4 is 0 Å². The second-order valence-corrected chi connectivity index (χ2v) is 9.35. The Labute approximate surface area is 184 Å². The fourth-order valence-electron chi connectivity index (χ4n) is 3.95. The molecule has 0 spiro atoms. The minimum atomic E-state index is -1.19. The molecule has 0 aromatic heterocycles. The monoisotopic (exact) mass is 477 g/mol. The van der Waals surface area contributed by atoms with E-state index in [-0.39, 0.29) is 13.1 Å². The maximum absolute atomic E-state index is 13.6. The fraction of sp³-hybridized carbons (Fsp3) is 0.391. The number of methoxy groups -OCH3 is 1. The summed E-state index contributed by atoms with van der Waals surface area (Å²) in [4.78, 5) is 27.6. The number of nitrogens with zero attached hydrogens (tertiary/aromatic N) is 1. The van der Waals surface area contributed by atoms with E-state index in [1.165, 1.54) is 24.1 Å². The van der Waals surface area contributed by atoms with Crippen molar-refractivity contribution >= 4 is 28.0 Å². The summed E-state index contributed by atoms with van der Waals surface area (Å²) >= 11 is 3.43. The first-order valence-corrected chi connectivity index (χ1v) is 10.4. The van der Waals surface area contributed by atoms with Crippen molar-refractivity contribution in [1.82, 2.24) is 4.90 Å². The van der Waals surface area contributed by atoms with Gasteiger partial charge in [-0.2, -0.15) is 0 Å². The third kappa shape index (κ3) is 4.36. The largest absolute Gasteiger partial charge is 0.468 e. The van der Waals surface area contributed by atoms with Crippen molar-refractivity contribution in [3.63, 3.8) is 0 Å². The number of carbonyl (C=O) groups excluding carboxylic acids is 2. The molecule has 2 aromatic rings. The first kappa shape index (κ1) is 22.3. The lowest BCUT2D eigenvalue weighted by Crippen LogP contribution is -2.44. The number of halogens is 2. The van der Waals surface area contributed by atoms with Gasteiger partial charge in [-0.3, -0.25) is 4.79 Å². The molecule has 1 saturated heterocycles. The molecule has 1 aliphatic rings. The van der Waals surface area contributed by atoms with Crippen LogP contribution in [0.4, 0.5) is 9.18 Å². The van der Waals surface area contributed by atoms with Crippen LogP contribution in [0.5, 0.6) is 0 Å². The number of esters is 1. The number of hydrogen-bond acceptors (Lipinski definition) is 4. The summed E-state index contributed by atoms with van der Waals surface area (Å²) in [5.74, 6) is -1.27. The van der Waals surface area contributed by atoms with Gasteiger partial charge in [-0.05, 0) is 56.2 Å². The highest BCUT2D eigenvalue weighted by molar-refractivity contribution is 9.10. The molecule has 2 unspecified atom stereocenters. The Bertz CT molecular complexity index is 924. The van der Waals surface area contributed by atoms with Crippen LogP contribution in [0.2, 0.25) is 0 Å². The molecule has 1 aliphatic heterocycles. The molecule has 1 heterocycles. The van der Waals surface area contributed by atoms with Crippen LogP contribution in [0.1, 0.15) is 37.8 Å². The van der Waals surface area contributed by atoms with Crippen molar-refractivity contribution in [3.05, 3.63) is 69.9 Å². The second-order valence-electron chi connectivity index (χ2n) is 8.43. The molecule has 1 fully saturated rings. The van der Waals surface area contributed by atoms with Crippen molar-refractivity contribution in [2.24, 2.45) is 0 Å². The SMILES string of the molecule is COC(=O)C1(c2ccc(F)cc2)CN(C(=O)OC(C)(C)C)CC1c1ccc(Br)cc1. The summed E-state index contributed by atoms with van der Waals surface area (Å²) in [6, 6.07) is 13.4. The van der Waals surface area contributed by atoms with Crippen LogP contribution in [0.25, 0.3) is 0 Å². The molecule has 1 amide bonds. The summed E-state index contributed by atoms with van der Waals surface area (Å²) in [5.41, 5.74) is -0.391. The van der Waals surface area contributed by atoms with Crippen molar-refractivity contribution in [2.45, 2.75) is 37.7 Å². The van der Waals surface area contributed by atoms with Gasteiger partial charge in [0, 0.05) is 23.5 Å². The molecule has 0 aliphatic carbocycles. The molecule has 160 valence electrons. The van der Waals surface area contributed by atoms with Gasteiger partial charge in [0.1, 0.15) is 16.8 Å². The first-order valence-electron chi connectivity index (χ1n) is 9.64. The van der Waals surface area contributed by atoms with Crippen LogP contribution in [-0.2, 0) is 19.7 Å². The smallest absolute Gasteiger partial charge is 0.410 e. The molecule has 0 saturated carbocycles. The average Bonchev–Trinajstić information content (AvgIpc) is 3.09. The van der Waals surface area contributed by atoms with E-state index in [0.717, 1.165) is 10.0 Å². The van der Waals surface area contributed by atoms with Gasteiger partial charge < -0.3 is 14.4 Å². The highest BCUT2D eigenvalue weighted by Crippen LogP contribution is 2.47. The van der Waals surface area contributed by atoms with Gasteiger partial charge in [0.25, 0.3) is 0 Å². The zero-order valence-electron chi connectivity index (χ0n) is 17.4. The number of amides is 1. The van der Waals surface area contributed by atoms with Gasteiger partial charge in [-0.1, -0.05) is 40.2 Å². The Morgan fingerprint density at radius 2 is 1.70 bits per heavy atom. The standard InChI is InChI=1S/C23H25BrFNO4/c1-22(2,3)30-21(28)26-13-19(15-5-9-17(24)10-6-15)23(14-26,20(27)29-4)16-7-11-18(25)12-8-16/h5-12,19H,13-14H2,1-4H3. The van der Waals surface area contributed by atoms with E-state index < -0.39 is 34.8 Å².